The number of carbonyl (C=O) groups is 1. The molecule has 37 heavy (non-hydrogen) atoms. The van der Waals surface area contributed by atoms with Crippen molar-refractivity contribution in [2.24, 2.45) is 11.7 Å². The van der Waals surface area contributed by atoms with Crippen LogP contribution in [-0.4, -0.2) is 33.4 Å². The Morgan fingerprint density at radius 3 is 2.46 bits per heavy atom. The summed E-state index contributed by atoms with van der Waals surface area (Å²) in [5, 5.41) is 0.884. The molecule has 1 aromatic heterocycles. The highest BCUT2D eigenvalue weighted by Gasteiger charge is 2.33. The predicted molar refractivity (Wildman–Crippen MR) is 145 cm³/mol. The Labute approximate surface area is 220 Å². The van der Waals surface area contributed by atoms with Gasteiger partial charge in [0.25, 0.3) is 11.5 Å². The molecule has 0 spiro atoms. The fraction of sp³-hybridized carbons (Fsp3) is 0.276. The lowest BCUT2D eigenvalue weighted by molar-refractivity contribution is 0.0598. The molecule has 2 N–H and O–H groups in total. The second-order valence-corrected chi connectivity index (χ2v) is 9.75. The maximum absolute atomic E-state index is 14.7. The van der Waals surface area contributed by atoms with Crippen LogP contribution in [-0.2, 0) is 6.54 Å². The maximum Gasteiger partial charge on any atom is 0.261 e. The van der Waals surface area contributed by atoms with Crippen LogP contribution >= 0.6 is 11.6 Å². The topological polar surface area (TPSA) is 81.2 Å². The molecule has 0 unspecified atom stereocenters. The summed E-state index contributed by atoms with van der Waals surface area (Å²) in [7, 11) is 0. The summed E-state index contributed by atoms with van der Waals surface area (Å²) in [6, 6.07) is 19.8. The fourth-order valence-electron chi connectivity index (χ4n) is 4.57. The summed E-state index contributed by atoms with van der Waals surface area (Å²) in [5.74, 6) is -0.816. The van der Waals surface area contributed by atoms with Gasteiger partial charge in [0.15, 0.2) is 0 Å². The molecule has 0 aliphatic heterocycles. The molecule has 4 aromatic rings. The number of fused-ring (bicyclic) bond motifs is 1. The highest BCUT2D eigenvalue weighted by Crippen LogP contribution is 2.31. The van der Waals surface area contributed by atoms with Crippen molar-refractivity contribution in [1.82, 2.24) is 14.5 Å². The first-order valence-corrected chi connectivity index (χ1v) is 12.7. The van der Waals surface area contributed by atoms with E-state index in [9.17, 15) is 14.0 Å². The third kappa shape index (κ3) is 5.73. The maximum atomic E-state index is 14.7. The van der Waals surface area contributed by atoms with Crippen LogP contribution in [0.2, 0.25) is 5.02 Å². The zero-order valence-corrected chi connectivity index (χ0v) is 21.7. The van der Waals surface area contributed by atoms with Crippen molar-refractivity contribution in [3.8, 4) is 0 Å². The molecule has 0 saturated carbocycles. The molecule has 0 aliphatic carbocycles. The lowest BCUT2D eigenvalue weighted by Gasteiger charge is -2.35. The van der Waals surface area contributed by atoms with Crippen molar-refractivity contribution in [2.75, 3.05) is 13.1 Å². The Morgan fingerprint density at radius 2 is 1.78 bits per heavy atom. The number of benzene rings is 3. The molecule has 3 aromatic carbocycles. The molecule has 6 nitrogen and oxygen atoms in total. The molecule has 0 fully saturated rings. The lowest BCUT2D eigenvalue weighted by Crippen LogP contribution is -2.42. The van der Waals surface area contributed by atoms with E-state index in [1.807, 2.05) is 44.2 Å². The number of amides is 1. The van der Waals surface area contributed by atoms with Crippen LogP contribution in [0.1, 0.15) is 48.1 Å². The molecule has 1 amide bonds. The highest BCUT2D eigenvalue weighted by atomic mass is 35.5. The first-order chi connectivity index (χ1) is 17.8. The van der Waals surface area contributed by atoms with E-state index in [1.54, 1.807) is 39.8 Å². The summed E-state index contributed by atoms with van der Waals surface area (Å²) in [6.45, 7) is 4.80. The molecule has 1 heterocycles. The average Bonchev–Trinajstić information content (AvgIpc) is 2.88. The van der Waals surface area contributed by atoms with Crippen molar-refractivity contribution >= 4 is 28.4 Å². The summed E-state index contributed by atoms with van der Waals surface area (Å²) in [6.07, 6.45) is 0.506. The minimum atomic E-state index is -0.626. The van der Waals surface area contributed by atoms with Crippen molar-refractivity contribution in [3.05, 3.63) is 111 Å². The monoisotopic (exact) mass is 520 g/mol. The molecule has 0 radical (unpaired) electrons. The van der Waals surface area contributed by atoms with Crippen molar-refractivity contribution < 1.29 is 9.18 Å². The second kappa shape index (κ2) is 11.7. The number of halogens is 2. The zero-order chi connectivity index (χ0) is 26.5. The van der Waals surface area contributed by atoms with Gasteiger partial charge in [-0.3, -0.25) is 14.2 Å². The SMILES string of the molecule is CC(C)[C@@H](c1nc2cc(Cl)ccc2c(=O)n1Cc1ccccc1)N(CCCN)C(=O)c1ccccc1F. The number of rotatable bonds is 9. The number of hydrogen-bond donors (Lipinski definition) is 1. The number of aromatic nitrogens is 2. The Morgan fingerprint density at radius 1 is 1.08 bits per heavy atom. The Balaban J connectivity index is 1.95. The first kappa shape index (κ1) is 26.5. The number of carbonyl (C=O) groups excluding carboxylic acids is 1. The Kier molecular flexibility index (Phi) is 8.36. The molecular formula is C29H30ClFN4O2. The number of hydrogen-bond acceptors (Lipinski definition) is 4. The van der Waals surface area contributed by atoms with Gasteiger partial charge in [0.05, 0.1) is 29.1 Å². The van der Waals surface area contributed by atoms with Crippen LogP contribution < -0.4 is 11.3 Å². The standard InChI is InChI=1S/C29H30ClFN4O2/c1-19(2)26(34(16-8-15-32)28(36)22-11-6-7-12-24(22)31)27-33-25-17-21(30)13-14-23(25)29(37)35(27)18-20-9-4-3-5-10-20/h3-7,9-14,17,19,26H,8,15-16,18,32H2,1-2H3/t26-/m0/s1. The van der Waals surface area contributed by atoms with Gasteiger partial charge in [0.1, 0.15) is 11.6 Å². The third-order valence-electron chi connectivity index (χ3n) is 6.33. The summed E-state index contributed by atoms with van der Waals surface area (Å²) in [4.78, 5) is 34.1. The predicted octanol–water partition coefficient (Wildman–Crippen LogP) is 5.43. The second-order valence-electron chi connectivity index (χ2n) is 9.32. The van der Waals surface area contributed by atoms with Gasteiger partial charge in [-0.15, -0.1) is 0 Å². The summed E-state index contributed by atoms with van der Waals surface area (Å²) in [5.41, 5.74) is 6.90. The van der Waals surface area contributed by atoms with Gasteiger partial charge in [0.2, 0.25) is 0 Å². The van der Waals surface area contributed by atoms with E-state index in [-0.39, 0.29) is 30.1 Å². The minimum Gasteiger partial charge on any atom is -0.330 e. The molecule has 4 rings (SSSR count). The van der Waals surface area contributed by atoms with E-state index >= 15 is 0 Å². The van der Waals surface area contributed by atoms with Gasteiger partial charge in [-0.1, -0.05) is 67.9 Å². The van der Waals surface area contributed by atoms with E-state index in [1.165, 1.54) is 12.1 Å². The Hall–Kier alpha value is -3.55. The van der Waals surface area contributed by atoms with Crippen molar-refractivity contribution in [2.45, 2.75) is 32.9 Å². The smallest absolute Gasteiger partial charge is 0.261 e. The van der Waals surface area contributed by atoms with Crippen molar-refractivity contribution in [3.63, 3.8) is 0 Å². The first-order valence-electron chi connectivity index (χ1n) is 12.3. The third-order valence-corrected chi connectivity index (χ3v) is 6.57. The fourth-order valence-corrected chi connectivity index (χ4v) is 4.74. The van der Waals surface area contributed by atoms with Gasteiger partial charge in [0, 0.05) is 11.6 Å². The molecule has 0 bridgehead atoms. The zero-order valence-electron chi connectivity index (χ0n) is 20.9. The summed E-state index contributed by atoms with van der Waals surface area (Å²) >= 11 is 6.25. The normalized spacial score (nSPS) is 12.2. The molecule has 0 aliphatic rings. The molecule has 8 heteroatoms. The molecule has 1 atom stereocenters. The number of nitrogens with zero attached hydrogens (tertiary/aromatic N) is 3. The molecule has 0 saturated heterocycles. The van der Waals surface area contributed by atoms with Crippen molar-refractivity contribution in [1.29, 1.82) is 0 Å². The van der Waals surface area contributed by atoms with Gasteiger partial charge in [-0.2, -0.15) is 0 Å². The minimum absolute atomic E-state index is 0.0361. The lowest BCUT2D eigenvalue weighted by atomic mass is 9.98. The van der Waals surface area contributed by atoms with E-state index in [0.29, 0.717) is 34.7 Å². The molecule has 192 valence electrons. The summed E-state index contributed by atoms with van der Waals surface area (Å²) < 4.78 is 16.3. The highest BCUT2D eigenvalue weighted by molar-refractivity contribution is 6.31. The van der Waals surface area contributed by atoms with Gasteiger partial charge >= 0.3 is 0 Å². The van der Waals surface area contributed by atoms with Crippen LogP contribution in [0, 0.1) is 11.7 Å². The van der Waals surface area contributed by atoms with Gasteiger partial charge in [-0.05, 0) is 54.8 Å². The largest absolute Gasteiger partial charge is 0.330 e. The van der Waals surface area contributed by atoms with E-state index < -0.39 is 17.8 Å². The average molecular weight is 521 g/mol. The van der Waals surface area contributed by atoms with Crippen LogP contribution in [0.3, 0.4) is 0 Å². The van der Waals surface area contributed by atoms with Crippen LogP contribution in [0.15, 0.2) is 77.6 Å². The van der Waals surface area contributed by atoms with Crippen LogP contribution in [0.25, 0.3) is 10.9 Å². The van der Waals surface area contributed by atoms with Crippen LogP contribution in [0.4, 0.5) is 4.39 Å². The van der Waals surface area contributed by atoms with Crippen LogP contribution in [0.5, 0.6) is 0 Å². The van der Waals surface area contributed by atoms with E-state index in [0.717, 1.165) is 5.56 Å². The Bertz CT molecular complexity index is 1460. The van der Waals surface area contributed by atoms with E-state index in [4.69, 9.17) is 22.3 Å². The number of nitrogens with two attached hydrogens (primary N) is 1. The quantitative estimate of drug-likeness (QED) is 0.319. The van der Waals surface area contributed by atoms with Gasteiger partial charge in [-0.25, -0.2) is 9.37 Å². The van der Waals surface area contributed by atoms with Gasteiger partial charge < -0.3 is 10.6 Å². The molecular weight excluding hydrogens is 491 g/mol. The van der Waals surface area contributed by atoms with E-state index in [2.05, 4.69) is 0 Å².